The maximum absolute atomic E-state index is 13.3. The fourth-order valence-corrected chi connectivity index (χ4v) is 3.72. The zero-order valence-electron chi connectivity index (χ0n) is 9.29. The van der Waals surface area contributed by atoms with Gasteiger partial charge in [-0.05, 0) is 45.8 Å². The minimum atomic E-state index is -0.263. The predicted molar refractivity (Wildman–Crippen MR) is 79.9 cm³/mol. The Bertz CT molecular complexity index is 545. The van der Waals surface area contributed by atoms with Gasteiger partial charge in [0.2, 0.25) is 0 Å². The van der Waals surface area contributed by atoms with Crippen LogP contribution in [0, 0.1) is 5.82 Å². The molecule has 18 heavy (non-hydrogen) atoms. The molecule has 0 aliphatic carbocycles. The van der Waals surface area contributed by atoms with Gasteiger partial charge in [0.25, 0.3) is 0 Å². The van der Waals surface area contributed by atoms with E-state index >= 15 is 0 Å². The quantitative estimate of drug-likeness (QED) is 0.604. The smallest absolute Gasteiger partial charge is 0.123 e. The van der Waals surface area contributed by atoms with Crippen LogP contribution in [0.5, 0.6) is 0 Å². The van der Waals surface area contributed by atoms with Crippen molar-refractivity contribution in [2.45, 2.75) is 12.5 Å². The standard InChI is InChI=1S/C12H11Br2FN2S/c13-7-3-9(18-6-7)5-12(17-16)10-4-8(15)1-2-11(10)14/h1-4,6,12,17H,5,16H2. The summed E-state index contributed by atoms with van der Waals surface area (Å²) in [7, 11) is 0. The van der Waals surface area contributed by atoms with Crippen molar-refractivity contribution in [3.05, 3.63) is 54.8 Å². The first kappa shape index (κ1) is 14.1. The molecule has 0 amide bonds. The molecule has 0 saturated carbocycles. The Morgan fingerprint density at radius 3 is 2.72 bits per heavy atom. The first-order chi connectivity index (χ1) is 8.60. The molecular formula is C12H11Br2FN2S. The van der Waals surface area contributed by atoms with Crippen LogP contribution >= 0.6 is 43.2 Å². The van der Waals surface area contributed by atoms with E-state index in [0.717, 1.165) is 20.9 Å². The fraction of sp³-hybridized carbons (Fsp3) is 0.167. The van der Waals surface area contributed by atoms with Crippen LogP contribution in [0.15, 0.2) is 38.6 Å². The molecule has 1 aromatic heterocycles. The third kappa shape index (κ3) is 3.39. The van der Waals surface area contributed by atoms with E-state index in [-0.39, 0.29) is 11.9 Å². The average Bonchev–Trinajstić information content (AvgIpc) is 2.75. The van der Waals surface area contributed by atoms with Crippen molar-refractivity contribution in [1.29, 1.82) is 0 Å². The Hall–Kier alpha value is -0.270. The monoisotopic (exact) mass is 392 g/mol. The molecule has 0 aliphatic heterocycles. The van der Waals surface area contributed by atoms with Crippen molar-refractivity contribution < 1.29 is 4.39 Å². The van der Waals surface area contributed by atoms with Crippen LogP contribution < -0.4 is 11.3 Å². The molecule has 3 N–H and O–H groups in total. The van der Waals surface area contributed by atoms with Crippen LogP contribution in [0.4, 0.5) is 4.39 Å². The average molecular weight is 394 g/mol. The summed E-state index contributed by atoms with van der Waals surface area (Å²) in [6.45, 7) is 0. The van der Waals surface area contributed by atoms with E-state index in [1.165, 1.54) is 17.0 Å². The largest absolute Gasteiger partial charge is 0.271 e. The van der Waals surface area contributed by atoms with Crippen LogP contribution in [0.3, 0.4) is 0 Å². The van der Waals surface area contributed by atoms with Gasteiger partial charge in [-0.2, -0.15) is 0 Å². The van der Waals surface area contributed by atoms with E-state index in [9.17, 15) is 4.39 Å². The Kier molecular flexibility index (Phi) is 4.91. The Morgan fingerprint density at radius 1 is 1.33 bits per heavy atom. The molecule has 2 aromatic rings. The van der Waals surface area contributed by atoms with Crippen LogP contribution in [-0.2, 0) is 6.42 Å². The molecule has 0 bridgehead atoms. The molecule has 0 spiro atoms. The molecule has 1 unspecified atom stereocenters. The fourth-order valence-electron chi connectivity index (χ4n) is 1.70. The van der Waals surface area contributed by atoms with Gasteiger partial charge in [-0.3, -0.25) is 11.3 Å². The van der Waals surface area contributed by atoms with Crippen molar-refractivity contribution in [3.63, 3.8) is 0 Å². The van der Waals surface area contributed by atoms with Gasteiger partial charge in [-0.15, -0.1) is 11.3 Å². The summed E-state index contributed by atoms with van der Waals surface area (Å²) < 4.78 is 15.2. The summed E-state index contributed by atoms with van der Waals surface area (Å²) in [5, 5.41) is 2.02. The molecule has 0 radical (unpaired) electrons. The van der Waals surface area contributed by atoms with E-state index in [4.69, 9.17) is 5.84 Å². The van der Waals surface area contributed by atoms with Crippen LogP contribution in [-0.4, -0.2) is 0 Å². The third-order valence-corrected chi connectivity index (χ3v) is 5.00. The molecule has 6 heteroatoms. The number of nitrogens with one attached hydrogen (secondary N) is 1. The molecule has 0 saturated heterocycles. The summed E-state index contributed by atoms with van der Waals surface area (Å²) in [5.74, 6) is 5.31. The van der Waals surface area contributed by atoms with E-state index in [1.807, 2.05) is 11.4 Å². The maximum Gasteiger partial charge on any atom is 0.123 e. The number of hydrazine groups is 1. The lowest BCUT2D eigenvalue weighted by Crippen LogP contribution is -2.29. The third-order valence-electron chi connectivity index (χ3n) is 2.56. The van der Waals surface area contributed by atoms with Gasteiger partial charge in [0, 0.05) is 25.6 Å². The molecule has 2 rings (SSSR count). The van der Waals surface area contributed by atoms with Gasteiger partial charge in [0.1, 0.15) is 5.82 Å². The van der Waals surface area contributed by atoms with Crippen LogP contribution in [0.2, 0.25) is 0 Å². The highest BCUT2D eigenvalue weighted by atomic mass is 79.9. The number of benzene rings is 1. The van der Waals surface area contributed by atoms with E-state index < -0.39 is 0 Å². The summed E-state index contributed by atoms with van der Waals surface area (Å²) in [6, 6.07) is 6.53. The number of halogens is 3. The lowest BCUT2D eigenvalue weighted by molar-refractivity contribution is 0.545. The highest BCUT2D eigenvalue weighted by Gasteiger charge is 2.15. The minimum absolute atomic E-state index is 0.124. The van der Waals surface area contributed by atoms with Crippen LogP contribution in [0.25, 0.3) is 0 Å². The second-order valence-corrected chi connectivity index (χ2v) is 6.59. The maximum atomic E-state index is 13.3. The Morgan fingerprint density at radius 2 is 2.11 bits per heavy atom. The van der Waals surface area contributed by atoms with E-state index in [0.29, 0.717) is 0 Å². The lowest BCUT2D eigenvalue weighted by Gasteiger charge is -2.17. The van der Waals surface area contributed by atoms with Crippen molar-refractivity contribution in [3.8, 4) is 0 Å². The zero-order valence-corrected chi connectivity index (χ0v) is 13.3. The number of thiophene rings is 1. The molecule has 96 valence electrons. The minimum Gasteiger partial charge on any atom is -0.271 e. The second-order valence-electron chi connectivity index (χ2n) is 3.82. The normalized spacial score (nSPS) is 12.7. The first-order valence-corrected chi connectivity index (χ1v) is 7.70. The van der Waals surface area contributed by atoms with Gasteiger partial charge in [-0.1, -0.05) is 15.9 Å². The number of hydrogen-bond acceptors (Lipinski definition) is 3. The summed E-state index contributed by atoms with van der Waals surface area (Å²) in [4.78, 5) is 1.18. The van der Waals surface area contributed by atoms with Gasteiger partial charge in [-0.25, -0.2) is 4.39 Å². The highest BCUT2D eigenvalue weighted by Crippen LogP contribution is 2.29. The number of rotatable bonds is 4. The topological polar surface area (TPSA) is 38.0 Å². The highest BCUT2D eigenvalue weighted by molar-refractivity contribution is 9.10. The van der Waals surface area contributed by atoms with Crippen molar-refractivity contribution in [2.75, 3.05) is 0 Å². The molecule has 1 atom stereocenters. The number of hydrogen-bond donors (Lipinski definition) is 2. The predicted octanol–water partition coefficient (Wildman–Crippen LogP) is 4.16. The molecule has 1 heterocycles. The molecule has 1 aromatic carbocycles. The second kappa shape index (κ2) is 6.25. The van der Waals surface area contributed by atoms with Gasteiger partial charge >= 0.3 is 0 Å². The zero-order chi connectivity index (χ0) is 13.1. The SMILES string of the molecule is NNC(Cc1cc(Br)cs1)c1cc(F)ccc1Br. The molecule has 2 nitrogen and oxygen atoms in total. The molecular weight excluding hydrogens is 383 g/mol. The summed E-state index contributed by atoms with van der Waals surface area (Å²) in [5.41, 5.74) is 3.56. The van der Waals surface area contributed by atoms with Crippen molar-refractivity contribution in [2.24, 2.45) is 5.84 Å². The van der Waals surface area contributed by atoms with Crippen molar-refractivity contribution in [1.82, 2.24) is 5.43 Å². The number of nitrogens with two attached hydrogens (primary N) is 1. The van der Waals surface area contributed by atoms with E-state index in [1.54, 1.807) is 17.4 Å². The Balaban J connectivity index is 2.25. The van der Waals surface area contributed by atoms with Gasteiger partial charge in [0.05, 0.1) is 6.04 Å². The molecule has 0 fully saturated rings. The molecule has 0 aliphatic rings. The van der Waals surface area contributed by atoms with E-state index in [2.05, 4.69) is 37.3 Å². The van der Waals surface area contributed by atoms with Gasteiger partial charge < -0.3 is 0 Å². The Labute approximate surface area is 126 Å². The van der Waals surface area contributed by atoms with Crippen molar-refractivity contribution >= 4 is 43.2 Å². The lowest BCUT2D eigenvalue weighted by atomic mass is 10.0. The van der Waals surface area contributed by atoms with Crippen LogP contribution in [0.1, 0.15) is 16.5 Å². The first-order valence-electron chi connectivity index (χ1n) is 5.24. The summed E-state index contributed by atoms with van der Waals surface area (Å²) >= 11 is 8.48. The van der Waals surface area contributed by atoms with Gasteiger partial charge in [0.15, 0.2) is 0 Å². The summed E-state index contributed by atoms with van der Waals surface area (Å²) in [6.07, 6.45) is 0.717.